The highest BCUT2D eigenvalue weighted by atomic mass is 19.3. The molecule has 0 bridgehead atoms. The van der Waals surface area contributed by atoms with E-state index in [0.29, 0.717) is 60.5 Å². The first-order chi connectivity index (χ1) is 19.1. The Balaban J connectivity index is 1.38. The molecule has 39 heavy (non-hydrogen) atoms. The van der Waals surface area contributed by atoms with Gasteiger partial charge in [-0.1, -0.05) is 30.7 Å². The first-order valence-corrected chi connectivity index (χ1v) is 13.2. The predicted molar refractivity (Wildman–Crippen MR) is 144 cm³/mol. The molecule has 2 fully saturated rings. The van der Waals surface area contributed by atoms with Crippen LogP contribution in [0.2, 0.25) is 0 Å². The molecule has 0 radical (unpaired) electrons. The maximum Gasteiger partial charge on any atom is 0.296 e. The number of imidazole rings is 1. The molecule has 11 heteroatoms. The van der Waals surface area contributed by atoms with Crippen molar-refractivity contribution in [3.8, 4) is 17.1 Å². The van der Waals surface area contributed by atoms with Crippen LogP contribution in [0.4, 0.5) is 20.4 Å². The lowest BCUT2D eigenvalue weighted by Crippen LogP contribution is -2.43. The van der Waals surface area contributed by atoms with E-state index in [1.54, 1.807) is 30.3 Å². The van der Waals surface area contributed by atoms with Crippen LogP contribution in [-0.2, 0) is 9.53 Å². The van der Waals surface area contributed by atoms with Gasteiger partial charge in [0.2, 0.25) is 11.9 Å². The van der Waals surface area contributed by atoms with Gasteiger partial charge in [0, 0.05) is 30.4 Å². The molecule has 1 amide bonds. The van der Waals surface area contributed by atoms with Gasteiger partial charge in [-0.15, -0.1) is 0 Å². The van der Waals surface area contributed by atoms with Crippen LogP contribution < -0.4 is 15.5 Å². The minimum Gasteiger partial charge on any atom is -0.378 e. The van der Waals surface area contributed by atoms with Crippen LogP contribution in [-0.4, -0.2) is 64.3 Å². The summed E-state index contributed by atoms with van der Waals surface area (Å²) in [5.41, 5.74) is 3.03. The molecule has 2 N–H and O–H groups in total. The zero-order valence-electron chi connectivity index (χ0n) is 21.3. The summed E-state index contributed by atoms with van der Waals surface area (Å²) in [6.07, 6.45) is 0.149. The van der Waals surface area contributed by atoms with Gasteiger partial charge in [0.25, 0.3) is 6.43 Å². The van der Waals surface area contributed by atoms with Crippen molar-refractivity contribution in [2.24, 2.45) is 0 Å². The molecule has 2 aromatic heterocycles. The van der Waals surface area contributed by atoms with Gasteiger partial charge < -0.3 is 20.3 Å². The van der Waals surface area contributed by atoms with Crippen LogP contribution in [0.5, 0.6) is 0 Å². The number of nitrogens with one attached hydrogen (secondary N) is 2. The van der Waals surface area contributed by atoms with Gasteiger partial charge in [-0.2, -0.15) is 4.98 Å². The second-order valence-corrected chi connectivity index (χ2v) is 9.67. The lowest BCUT2D eigenvalue weighted by molar-refractivity contribution is -0.118. The van der Waals surface area contributed by atoms with E-state index >= 15 is 0 Å². The van der Waals surface area contributed by atoms with Crippen molar-refractivity contribution < 1.29 is 18.3 Å². The first kappa shape index (κ1) is 25.3. The number of para-hydroxylation sites is 2. The van der Waals surface area contributed by atoms with Crippen molar-refractivity contribution in [3.63, 3.8) is 0 Å². The summed E-state index contributed by atoms with van der Waals surface area (Å²) in [4.78, 5) is 28.3. The van der Waals surface area contributed by atoms with Crippen LogP contribution in [0.25, 0.3) is 28.1 Å². The van der Waals surface area contributed by atoms with Crippen LogP contribution in [0, 0.1) is 0 Å². The number of carbonyl (C=O) groups excluding carboxylic acids is 1. The molecule has 2 aromatic carbocycles. The molecule has 6 rings (SSSR count). The molecule has 0 unspecified atom stereocenters. The average Bonchev–Trinajstić information content (AvgIpc) is 3.38. The van der Waals surface area contributed by atoms with Crippen LogP contribution >= 0.6 is 0 Å². The number of piperidine rings is 1. The number of carbonyl (C=O) groups is 1. The lowest BCUT2D eigenvalue weighted by atomic mass is 10.0. The number of hydrogen-bond acceptors (Lipinski definition) is 7. The van der Waals surface area contributed by atoms with Crippen molar-refractivity contribution in [2.75, 3.05) is 43.1 Å². The lowest BCUT2D eigenvalue weighted by Gasteiger charge is -2.27. The number of anilines is 2. The summed E-state index contributed by atoms with van der Waals surface area (Å²) in [5, 5.41) is 6.23. The zero-order valence-corrected chi connectivity index (χ0v) is 21.3. The molecular weight excluding hydrogens is 504 g/mol. The Morgan fingerprint density at radius 2 is 1.82 bits per heavy atom. The number of alkyl halides is 2. The molecule has 9 nitrogen and oxygen atoms in total. The third-order valence-electron chi connectivity index (χ3n) is 7.08. The molecule has 4 aromatic rings. The molecule has 0 aliphatic carbocycles. The quantitative estimate of drug-likeness (QED) is 0.381. The number of benzene rings is 2. The van der Waals surface area contributed by atoms with Crippen LogP contribution in [0.1, 0.15) is 31.5 Å². The van der Waals surface area contributed by atoms with Gasteiger partial charge in [0.05, 0.1) is 36.0 Å². The number of halogens is 2. The second kappa shape index (κ2) is 11.0. The second-order valence-electron chi connectivity index (χ2n) is 9.67. The Morgan fingerprint density at radius 1 is 1.03 bits per heavy atom. The van der Waals surface area contributed by atoms with E-state index in [0.717, 1.165) is 31.4 Å². The van der Waals surface area contributed by atoms with E-state index in [1.165, 1.54) is 4.57 Å². The van der Waals surface area contributed by atoms with Gasteiger partial charge in [0.15, 0.2) is 5.82 Å². The number of aromatic nitrogens is 4. The molecule has 202 valence electrons. The van der Waals surface area contributed by atoms with Gasteiger partial charge in [-0.05, 0) is 43.7 Å². The monoisotopic (exact) mass is 533 g/mol. The number of ether oxygens (including phenoxy) is 1. The number of hydrogen-bond donors (Lipinski definition) is 2. The topological polar surface area (TPSA) is 97.2 Å². The van der Waals surface area contributed by atoms with Crippen molar-refractivity contribution >= 4 is 28.6 Å². The Kier molecular flexibility index (Phi) is 7.16. The SMILES string of the molecule is O=C(Nc1ccc(-c2cc(-n3c(C(F)F)nc4ccccc43)nc(N3CCOCC3)n2)cc1)[C@@H]1CCCCN1. The minimum atomic E-state index is -2.79. The smallest absolute Gasteiger partial charge is 0.296 e. The molecular formula is C28H29F2N7O2. The summed E-state index contributed by atoms with van der Waals surface area (Å²) in [6.45, 7) is 3.09. The predicted octanol–water partition coefficient (Wildman–Crippen LogP) is 4.34. The summed E-state index contributed by atoms with van der Waals surface area (Å²) < 4.78 is 35.1. The highest BCUT2D eigenvalue weighted by Crippen LogP contribution is 2.30. The Hall–Kier alpha value is -3.96. The standard InChI is InChI=1S/C28H29F2N7O2/c29-25(30)26-33-20-5-1-2-7-23(20)37(26)24-17-22(34-28(35-24)36-13-15-39-16-14-36)18-8-10-19(11-9-18)32-27(38)21-6-3-4-12-31-21/h1-2,5,7-11,17,21,25,31H,3-4,6,12-16H2,(H,32,38)/t21-/m0/s1. The molecule has 0 saturated carbocycles. The van der Waals surface area contributed by atoms with Crippen LogP contribution in [0.3, 0.4) is 0 Å². The molecule has 4 heterocycles. The summed E-state index contributed by atoms with van der Waals surface area (Å²) in [5.74, 6) is 0.326. The third-order valence-corrected chi connectivity index (χ3v) is 7.08. The minimum absolute atomic E-state index is 0.0482. The van der Waals surface area contributed by atoms with Gasteiger partial charge >= 0.3 is 0 Å². The number of fused-ring (bicyclic) bond motifs is 1. The molecule has 0 spiro atoms. The Bertz CT molecular complexity index is 1460. The largest absolute Gasteiger partial charge is 0.378 e. The van der Waals surface area contributed by atoms with Crippen molar-refractivity contribution in [1.29, 1.82) is 0 Å². The molecule has 1 atom stereocenters. The van der Waals surface area contributed by atoms with Crippen molar-refractivity contribution in [2.45, 2.75) is 31.7 Å². The fraction of sp³-hybridized carbons (Fsp3) is 0.357. The summed E-state index contributed by atoms with van der Waals surface area (Å²) in [7, 11) is 0. The van der Waals surface area contributed by atoms with Crippen molar-refractivity contribution in [3.05, 3.63) is 60.4 Å². The maximum absolute atomic E-state index is 14.1. The number of rotatable bonds is 6. The summed E-state index contributed by atoms with van der Waals surface area (Å²) in [6, 6.07) is 15.9. The molecule has 2 saturated heterocycles. The van der Waals surface area contributed by atoms with E-state index in [9.17, 15) is 13.6 Å². The van der Waals surface area contributed by atoms with E-state index in [2.05, 4.69) is 15.6 Å². The Morgan fingerprint density at radius 3 is 2.56 bits per heavy atom. The molecule has 2 aliphatic heterocycles. The van der Waals surface area contributed by atoms with Gasteiger partial charge in [-0.3, -0.25) is 9.36 Å². The zero-order chi connectivity index (χ0) is 26.8. The fourth-order valence-electron chi connectivity index (χ4n) is 5.05. The number of nitrogens with zero attached hydrogens (tertiary/aromatic N) is 5. The first-order valence-electron chi connectivity index (χ1n) is 13.2. The van der Waals surface area contributed by atoms with Gasteiger partial charge in [0.1, 0.15) is 5.82 Å². The average molecular weight is 534 g/mol. The number of amides is 1. The number of morpholine rings is 1. The third kappa shape index (κ3) is 5.32. The molecule has 2 aliphatic rings. The normalized spacial score (nSPS) is 18.0. The van der Waals surface area contributed by atoms with Gasteiger partial charge in [-0.25, -0.2) is 18.7 Å². The maximum atomic E-state index is 14.1. The summed E-state index contributed by atoms with van der Waals surface area (Å²) >= 11 is 0. The van der Waals surface area contributed by atoms with E-state index in [-0.39, 0.29) is 17.8 Å². The van der Waals surface area contributed by atoms with E-state index < -0.39 is 6.43 Å². The highest BCUT2D eigenvalue weighted by Gasteiger charge is 2.24. The van der Waals surface area contributed by atoms with Crippen LogP contribution in [0.15, 0.2) is 54.6 Å². The van der Waals surface area contributed by atoms with E-state index in [4.69, 9.17) is 14.7 Å². The highest BCUT2D eigenvalue weighted by molar-refractivity contribution is 5.95. The van der Waals surface area contributed by atoms with E-state index in [1.807, 2.05) is 29.2 Å². The van der Waals surface area contributed by atoms with Crippen molar-refractivity contribution in [1.82, 2.24) is 24.8 Å². The fourth-order valence-corrected chi connectivity index (χ4v) is 5.05. The Labute approximate surface area is 224 Å².